The summed E-state index contributed by atoms with van der Waals surface area (Å²) in [5.41, 5.74) is 4.97. The second kappa shape index (κ2) is 8.85. The smallest absolute Gasteiger partial charge is 0.130 e. The van der Waals surface area contributed by atoms with Gasteiger partial charge in [0.25, 0.3) is 0 Å². The summed E-state index contributed by atoms with van der Waals surface area (Å²) in [6.45, 7) is 6.71. The Morgan fingerprint density at radius 2 is 1.81 bits per heavy atom. The molecule has 0 bridgehead atoms. The molecule has 4 heteroatoms. The molecular formula is C23H33N3O. The molecule has 0 amide bonds. The van der Waals surface area contributed by atoms with Crippen molar-refractivity contribution in [2.45, 2.75) is 58.2 Å². The number of hydrogen-bond acceptors (Lipinski definition) is 4. The third-order valence-electron chi connectivity index (χ3n) is 5.88. The van der Waals surface area contributed by atoms with E-state index in [1.807, 2.05) is 18.2 Å². The number of rotatable bonds is 8. The Kier molecular flexibility index (Phi) is 6.51. The van der Waals surface area contributed by atoms with Crippen LogP contribution in [0.1, 0.15) is 48.1 Å². The first kappa shape index (κ1) is 19.8. The predicted octanol–water partition coefficient (Wildman–Crippen LogP) is 4.24. The molecule has 0 aliphatic heterocycles. The van der Waals surface area contributed by atoms with Gasteiger partial charge >= 0.3 is 0 Å². The zero-order chi connectivity index (χ0) is 19.3. The summed E-state index contributed by atoms with van der Waals surface area (Å²) in [6, 6.07) is 10.4. The number of aryl methyl sites for hydroxylation is 2. The molecule has 0 unspecified atom stereocenters. The van der Waals surface area contributed by atoms with Crippen LogP contribution in [0.25, 0.3) is 0 Å². The van der Waals surface area contributed by atoms with Crippen LogP contribution in [0.15, 0.2) is 36.5 Å². The number of ether oxygens (including phenoxy) is 1. The van der Waals surface area contributed by atoms with E-state index in [0.717, 1.165) is 24.5 Å². The molecule has 0 atom stereocenters. The van der Waals surface area contributed by atoms with Crippen LogP contribution in [-0.4, -0.2) is 36.1 Å². The molecule has 4 nitrogen and oxygen atoms in total. The largest absolute Gasteiger partial charge is 0.487 e. The molecule has 0 spiro atoms. The normalized spacial score (nSPS) is 16.0. The minimum absolute atomic E-state index is 0.329. The second-order valence-corrected chi connectivity index (χ2v) is 8.10. The highest BCUT2D eigenvalue weighted by atomic mass is 16.5. The average molecular weight is 368 g/mol. The lowest BCUT2D eigenvalue weighted by molar-refractivity contribution is 0.153. The van der Waals surface area contributed by atoms with E-state index in [-0.39, 0.29) is 0 Å². The lowest BCUT2D eigenvalue weighted by atomic mass is 9.96. The Morgan fingerprint density at radius 1 is 1.11 bits per heavy atom. The van der Waals surface area contributed by atoms with Crippen molar-refractivity contribution in [1.29, 1.82) is 0 Å². The Balaban J connectivity index is 1.59. The van der Waals surface area contributed by atoms with Gasteiger partial charge in [-0.05, 0) is 69.6 Å². The number of nitrogens with one attached hydrogen (secondary N) is 1. The molecule has 1 N–H and O–H groups in total. The lowest BCUT2D eigenvalue weighted by Gasteiger charge is -2.36. The van der Waals surface area contributed by atoms with Crippen LogP contribution in [0.2, 0.25) is 0 Å². The summed E-state index contributed by atoms with van der Waals surface area (Å²) in [4.78, 5) is 6.75. The maximum absolute atomic E-state index is 6.05. The average Bonchev–Trinajstić information content (AvgIpc) is 3.12. The SMILES string of the molecule is Cc1cc(CNCC2(N(C)C)CCCC2)cc(C)c1OCc1ccccn1. The summed E-state index contributed by atoms with van der Waals surface area (Å²) >= 11 is 0. The fourth-order valence-electron chi connectivity index (χ4n) is 4.25. The van der Waals surface area contributed by atoms with E-state index in [9.17, 15) is 0 Å². The lowest BCUT2D eigenvalue weighted by Crippen LogP contribution is -2.49. The number of hydrogen-bond donors (Lipinski definition) is 1. The van der Waals surface area contributed by atoms with Crippen LogP contribution < -0.4 is 10.1 Å². The van der Waals surface area contributed by atoms with E-state index in [2.05, 4.69) is 55.3 Å². The quantitative estimate of drug-likeness (QED) is 0.757. The molecule has 1 saturated carbocycles. The van der Waals surface area contributed by atoms with Crippen molar-refractivity contribution in [1.82, 2.24) is 15.2 Å². The number of nitrogens with zero attached hydrogens (tertiary/aromatic N) is 2. The Hall–Kier alpha value is -1.91. The number of pyridine rings is 1. The van der Waals surface area contributed by atoms with E-state index in [4.69, 9.17) is 4.74 Å². The number of benzene rings is 1. The van der Waals surface area contributed by atoms with Gasteiger partial charge in [0, 0.05) is 24.8 Å². The van der Waals surface area contributed by atoms with Gasteiger partial charge in [0.05, 0.1) is 5.69 Å². The fraction of sp³-hybridized carbons (Fsp3) is 0.522. The van der Waals surface area contributed by atoms with Crippen LogP contribution in [0.4, 0.5) is 0 Å². The molecule has 1 aromatic carbocycles. The molecular weight excluding hydrogens is 334 g/mol. The van der Waals surface area contributed by atoms with Gasteiger partial charge < -0.3 is 15.0 Å². The van der Waals surface area contributed by atoms with Crippen LogP contribution in [0.3, 0.4) is 0 Å². The van der Waals surface area contributed by atoms with Gasteiger partial charge in [-0.25, -0.2) is 0 Å². The Morgan fingerprint density at radius 3 is 2.41 bits per heavy atom. The molecule has 2 aromatic rings. The molecule has 1 fully saturated rings. The van der Waals surface area contributed by atoms with Crippen LogP contribution in [0.5, 0.6) is 5.75 Å². The molecule has 27 heavy (non-hydrogen) atoms. The van der Waals surface area contributed by atoms with Crippen molar-refractivity contribution in [3.05, 3.63) is 58.9 Å². The molecule has 3 rings (SSSR count). The third-order valence-corrected chi connectivity index (χ3v) is 5.88. The highest BCUT2D eigenvalue weighted by Gasteiger charge is 2.35. The van der Waals surface area contributed by atoms with E-state index in [1.165, 1.54) is 42.4 Å². The summed E-state index contributed by atoms with van der Waals surface area (Å²) in [5.74, 6) is 0.977. The van der Waals surface area contributed by atoms with E-state index < -0.39 is 0 Å². The van der Waals surface area contributed by atoms with Gasteiger partial charge in [-0.3, -0.25) is 4.98 Å². The van der Waals surface area contributed by atoms with Crippen LogP contribution in [0, 0.1) is 13.8 Å². The second-order valence-electron chi connectivity index (χ2n) is 8.10. The van der Waals surface area contributed by atoms with Crippen molar-refractivity contribution >= 4 is 0 Å². The maximum atomic E-state index is 6.05. The molecule has 146 valence electrons. The first-order valence-electron chi connectivity index (χ1n) is 10.0. The molecule has 1 aromatic heterocycles. The van der Waals surface area contributed by atoms with Gasteiger partial charge in [-0.2, -0.15) is 0 Å². The highest BCUT2D eigenvalue weighted by molar-refractivity contribution is 5.43. The van der Waals surface area contributed by atoms with Crippen molar-refractivity contribution in [2.75, 3.05) is 20.6 Å². The Labute approximate surface area is 164 Å². The van der Waals surface area contributed by atoms with Gasteiger partial charge in [0.1, 0.15) is 12.4 Å². The van der Waals surface area contributed by atoms with E-state index in [0.29, 0.717) is 12.1 Å². The Bertz CT molecular complexity index is 714. The van der Waals surface area contributed by atoms with E-state index in [1.54, 1.807) is 6.20 Å². The van der Waals surface area contributed by atoms with Gasteiger partial charge in [0.15, 0.2) is 0 Å². The standard InChI is InChI=1S/C23H33N3O/c1-18-13-20(15-24-17-23(26(3)4)10-6-7-11-23)14-19(2)22(18)27-16-21-9-5-8-12-25-21/h5,8-9,12-14,24H,6-7,10-11,15-17H2,1-4H3. The maximum Gasteiger partial charge on any atom is 0.130 e. The zero-order valence-corrected chi connectivity index (χ0v) is 17.2. The molecule has 1 heterocycles. The predicted molar refractivity (Wildman–Crippen MR) is 111 cm³/mol. The summed E-state index contributed by atoms with van der Waals surface area (Å²) in [5, 5.41) is 3.71. The molecule has 1 aliphatic rings. The molecule has 1 aliphatic carbocycles. The van der Waals surface area contributed by atoms with Crippen molar-refractivity contribution in [3.63, 3.8) is 0 Å². The monoisotopic (exact) mass is 367 g/mol. The fourth-order valence-corrected chi connectivity index (χ4v) is 4.25. The number of aromatic nitrogens is 1. The summed E-state index contributed by atoms with van der Waals surface area (Å²) in [7, 11) is 4.43. The summed E-state index contributed by atoms with van der Waals surface area (Å²) < 4.78 is 6.05. The minimum Gasteiger partial charge on any atom is -0.487 e. The van der Waals surface area contributed by atoms with Gasteiger partial charge in [-0.1, -0.05) is 31.0 Å². The number of likely N-dealkylation sites (N-methyl/N-ethyl adjacent to an activating group) is 1. The summed E-state index contributed by atoms with van der Waals surface area (Å²) in [6.07, 6.45) is 7.09. The first-order chi connectivity index (χ1) is 13.0. The topological polar surface area (TPSA) is 37.4 Å². The third kappa shape index (κ3) is 4.88. The molecule has 0 radical (unpaired) electrons. The van der Waals surface area contributed by atoms with Gasteiger partial charge in [0.2, 0.25) is 0 Å². The van der Waals surface area contributed by atoms with Crippen LogP contribution >= 0.6 is 0 Å². The zero-order valence-electron chi connectivity index (χ0n) is 17.2. The molecule has 0 saturated heterocycles. The van der Waals surface area contributed by atoms with E-state index >= 15 is 0 Å². The van der Waals surface area contributed by atoms with Crippen molar-refractivity contribution in [3.8, 4) is 5.75 Å². The van der Waals surface area contributed by atoms with Crippen LogP contribution in [-0.2, 0) is 13.2 Å². The highest BCUT2D eigenvalue weighted by Crippen LogP contribution is 2.33. The first-order valence-corrected chi connectivity index (χ1v) is 10.0. The minimum atomic E-state index is 0.329. The van der Waals surface area contributed by atoms with Crippen molar-refractivity contribution < 1.29 is 4.74 Å². The van der Waals surface area contributed by atoms with Gasteiger partial charge in [-0.15, -0.1) is 0 Å². The van der Waals surface area contributed by atoms with Crippen molar-refractivity contribution in [2.24, 2.45) is 0 Å².